The van der Waals surface area contributed by atoms with Crippen LogP contribution in [0.5, 0.6) is 5.75 Å². The molecule has 2 aromatic carbocycles. The highest BCUT2D eigenvalue weighted by atomic mass is 32.2. The van der Waals surface area contributed by atoms with E-state index in [4.69, 9.17) is 4.74 Å². The topological polar surface area (TPSA) is 75.7 Å². The zero-order chi connectivity index (χ0) is 19.4. The minimum Gasteiger partial charge on any atom is -0.484 e. The Hall–Kier alpha value is -2.54. The molecule has 0 radical (unpaired) electrons. The Morgan fingerprint density at radius 3 is 2.59 bits per heavy atom. The monoisotopic (exact) mass is 388 g/mol. The summed E-state index contributed by atoms with van der Waals surface area (Å²) in [5.74, 6) is 0.342. The van der Waals surface area contributed by atoms with Gasteiger partial charge in [0.1, 0.15) is 5.75 Å². The maximum Gasteiger partial charge on any atom is 0.258 e. The maximum atomic E-state index is 12.3. The van der Waals surface area contributed by atoms with Gasteiger partial charge in [-0.15, -0.1) is 0 Å². The number of amides is 1. The zero-order valence-corrected chi connectivity index (χ0v) is 16.3. The highest BCUT2D eigenvalue weighted by Crippen LogP contribution is 2.29. The Morgan fingerprint density at radius 1 is 1.19 bits per heavy atom. The molecule has 0 aliphatic heterocycles. The van der Waals surface area contributed by atoms with Crippen molar-refractivity contribution in [2.75, 3.05) is 24.2 Å². The number of nitrogens with one attached hydrogen (secondary N) is 1. The minimum absolute atomic E-state index is 0.0248. The predicted octanol–water partition coefficient (Wildman–Crippen LogP) is 2.66. The molecule has 1 amide bonds. The van der Waals surface area contributed by atoms with Crippen molar-refractivity contribution in [2.45, 2.75) is 25.3 Å². The van der Waals surface area contributed by atoms with Gasteiger partial charge in [0.25, 0.3) is 5.91 Å². The third-order valence-corrected chi connectivity index (χ3v) is 5.98. The lowest BCUT2D eigenvalue weighted by Gasteiger charge is -2.26. The number of aryl methyl sites for hydroxylation is 1. The SMILES string of the molecule is CN(c1ccc(OCC(=O)NC2CCCc3ccccc32)cc1)S(C)(=O)=O. The van der Waals surface area contributed by atoms with Crippen LogP contribution in [0.4, 0.5) is 5.69 Å². The fourth-order valence-corrected chi connectivity index (χ4v) is 3.74. The molecular weight excluding hydrogens is 364 g/mol. The van der Waals surface area contributed by atoms with Crippen molar-refractivity contribution in [3.05, 3.63) is 59.7 Å². The van der Waals surface area contributed by atoms with Gasteiger partial charge < -0.3 is 10.1 Å². The standard InChI is InChI=1S/C20H24N2O4S/c1-22(27(2,24)25)16-10-12-17(13-11-16)26-14-20(23)21-19-9-5-7-15-6-3-4-8-18(15)19/h3-4,6,8,10-13,19H,5,7,9,14H2,1-2H3,(H,21,23). The van der Waals surface area contributed by atoms with E-state index in [0.29, 0.717) is 11.4 Å². The number of carbonyl (C=O) groups excluding carboxylic acids is 1. The molecule has 1 atom stereocenters. The van der Waals surface area contributed by atoms with Gasteiger partial charge in [0.05, 0.1) is 18.0 Å². The predicted molar refractivity (Wildman–Crippen MR) is 105 cm³/mol. The van der Waals surface area contributed by atoms with Crippen LogP contribution in [0, 0.1) is 0 Å². The zero-order valence-electron chi connectivity index (χ0n) is 15.5. The largest absolute Gasteiger partial charge is 0.484 e. The molecule has 0 saturated carbocycles. The van der Waals surface area contributed by atoms with Gasteiger partial charge in [-0.1, -0.05) is 24.3 Å². The Kier molecular flexibility index (Phi) is 5.70. The lowest BCUT2D eigenvalue weighted by Crippen LogP contribution is -2.34. The first-order valence-corrected chi connectivity index (χ1v) is 10.7. The van der Waals surface area contributed by atoms with E-state index in [0.717, 1.165) is 25.5 Å². The molecule has 27 heavy (non-hydrogen) atoms. The molecule has 0 spiro atoms. The summed E-state index contributed by atoms with van der Waals surface area (Å²) in [4.78, 5) is 12.3. The van der Waals surface area contributed by atoms with Crippen LogP contribution in [0.25, 0.3) is 0 Å². The van der Waals surface area contributed by atoms with Gasteiger partial charge in [-0.25, -0.2) is 8.42 Å². The van der Waals surface area contributed by atoms with Crippen molar-refractivity contribution >= 4 is 21.6 Å². The van der Waals surface area contributed by atoms with E-state index in [-0.39, 0.29) is 18.6 Å². The van der Waals surface area contributed by atoms with Gasteiger partial charge in [0, 0.05) is 7.05 Å². The van der Waals surface area contributed by atoms with E-state index in [1.165, 1.54) is 22.5 Å². The molecule has 1 aliphatic carbocycles. The molecule has 0 bridgehead atoms. The Balaban J connectivity index is 1.56. The molecule has 6 nitrogen and oxygen atoms in total. The van der Waals surface area contributed by atoms with Crippen LogP contribution in [0.2, 0.25) is 0 Å². The van der Waals surface area contributed by atoms with Gasteiger partial charge in [-0.2, -0.15) is 0 Å². The van der Waals surface area contributed by atoms with Crippen LogP contribution >= 0.6 is 0 Å². The Morgan fingerprint density at radius 2 is 1.89 bits per heavy atom. The van der Waals surface area contributed by atoms with Crippen molar-refractivity contribution < 1.29 is 17.9 Å². The average Bonchev–Trinajstić information content (AvgIpc) is 2.66. The van der Waals surface area contributed by atoms with Crippen molar-refractivity contribution in [2.24, 2.45) is 0 Å². The van der Waals surface area contributed by atoms with Crippen LogP contribution in [-0.4, -0.2) is 34.2 Å². The maximum absolute atomic E-state index is 12.3. The summed E-state index contributed by atoms with van der Waals surface area (Å²) in [6.45, 7) is -0.0834. The molecule has 3 rings (SSSR count). The van der Waals surface area contributed by atoms with Crippen LogP contribution < -0.4 is 14.4 Å². The van der Waals surface area contributed by atoms with Crippen molar-refractivity contribution in [3.8, 4) is 5.75 Å². The number of sulfonamides is 1. The summed E-state index contributed by atoms with van der Waals surface area (Å²) in [6, 6.07) is 14.8. The van der Waals surface area contributed by atoms with Crippen LogP contribution in [0.15, 0.2) is 48.5 Å². The first-order chi connectivity index (χ1) is 12.8. The number of benzene rings is 2. The molecule has 2 aromatic rings. The normalized spacial score (nSPS) is 16.3. The number of hydrogen-bond acceptors (Lipinski definition) is 4. The average molecular weight is 388 g/mol. The van der Waals surface area contributed by atoms with E-state index in [2.05, 4.69) is 17.4 Å². The minimum atomic E-state index is -3.31. The molecule has 0 heterocycles. The molecular formula is C20H24N2O4S. The number of ether oxygens (including phenoxy) is 1. The van der Waals surface area contributed by atoms with Gasteiger partial charge in [0.15, 0.2) is 6.61 Å². The fraction of sp³-hybridized carbons (Fsp3) is 0.350. The van der Waals surface area contributed by atoms with E-state index in [1.807, 2.05) is 12.1 Å². The summed E-state index contributed by atoms with van der Waals surface area (Å²) in [7, 11) is -1.82. The van der Waals surface area contributed by atoms with E-state index in [1.54, 1.807) is 24.3 Å². The second kappa shape index (κ2) is 8.00. The highest BCUT2D eigenvalue weighted by Gasteiger charge is 2.21. The van der Waals surface area contributed by atoms with Crippen LogP contribution in [-0.2, 0) is 21.2 Å². The molecule has 0 aromatic heterocycles. The molecule has 7 heteroatoms. The number of anilines is 1. The van der Waals surface area contributed by atoms with Crippen molar-refractivity contribution in [1.29, 1.82) is 0 Å². The first-order valence-electron chi connectivity index (χ1n) is 8.88. The highest BCUT2D eigenvalue weighted by molar-refractivity contribution is 7.92. The second-order valence-electron chi connectivity index (χ2n) is 6.72. The molecule has 1 aliphatic rings. The van der Waals surface area contributed by atoms with Gasteiger partial charge in [-0.05, 0) is 54.7 Å². The number of fused-ring (bicyclic) bond motifs is 1. The van der Waals surface area contributed by atoms with E-state index < -0.39 is 10.0 Å². The summed E-state index contributed by atoms with van der Waals surface area (Å²) in [5, 5.41) is 3.04. The van der Waals surface area contributed by atoms with Gasteiger partial charge in [-0.3, -0.25) is 9.10 Å². The third kappa shape index (κ3) is 4.80. The first kappa shape index (κ1) is 19.2. The van der Waals surface area contributed by atoms with Gasteiger partial charge >= 0.3 is 0 Å². The fourth-order valence-electron chi connectivity index (χ4n) is 3.23. The number of hydrogen-bond donors (Lipinski definition) is 1. The van der Waals surface area contributed by atoms with Crippen LogP contribution in [0.3, 0.4) is 0 Å². The van der Waals surface area contributed by atoms with E-state index in [9.17, 15) is 13.2 Å². The van der Waals surface area contributed by atoms with Crippen LogP contribution in [0.1, 0.15) is 30.0 Å². The van der Waals surface area contributed by atoms with Gasteiger partial charge in [0.2, 0.25) is 10.0 Å². The number of carbonyl (C=O) groups is 1. The Labute approximate surface area is 160 Å². The molecule has 0 fully saturated rings. The Bertz CT molecular complexity index is 910. The summed E-state index contributed by atoms with van der Waals surface area (Å²) in [6.07, 6.45) is 4.17. The third-order valence-electron chi connectivity index (χ3n) is 4.77. The van der Waals surface area contributed by atoms with E-state index >= 15 is 0 Å². The summed E-state index contributed by atoms with van der Waals surface area (Å²) >= 11 is 0. The number of rotatable bonds is 6. The quantitative estimate of drug-likeness (QED) is 0.825. The second-order valence-corrected chi connectivity index (χ2v) is 8.74. The molecule has 1 N–H and O–H groups in total. The summed E-state index contributed by atoms with van der Waals surface area (Å²) in [5.41, 5.74) is 3.01. The smallest absolute Gasteiger partial charge is 0.258 e. The van der Waals surface area contributed by atoms with Crippen molar-refractivity contribution in [3.63, 3.8) is 0 Å². The lowest BCUT2D eigenvalue weighted by atomic mass is 9.88. The number of nitrogens with zero attached hydrogens (tertiary/aromatic N) is 1. The molecule has 1 unspecified atom stereocenters. The van der Waals surface area contributed by atoms with Crippen molar-refractivity contribution in [1.82, 2.24) is 5.32 Å². The lowest BCUT2D eigenvalue weighted by molar-refractivity contribution is -0.123. The molecule has 0 saturated heterocycles. The molecule has 144 valence electrons. The summed E-state index contributed by atoms with van der Waals surface area (Å²) < 4.78 is 29.8.